The zero-order valence-electron chi connectivity index (χ0n) is 27.8. The monoisotopic (exact) mass is 660 g/mol. The summed E-state index contributed by atoms with van der Waals surface area (Å²) >= 11 is 1.88. The lowest BCUT2D eigenvalue weighted by molar-refractivity contribution is 0.723. The number of para-hydroxylation sites is 2. The van der Waals surface area contributed by atoms with Gasteiger partial charge < -0.3 is 9.47 Å². The van der Waals surface area contributed by atoms with E-state index in [2.05, 4.69) is 173 Å². The molecule has 1 saturated carbocycles. The molecule has 0 aliphatic heterocycles. The van der Waals surface area contributed by atoms with Crippen molar-refractivity contribution in [2.24, 2.45) is 0 Å². The maximum atomic E-state index is 2.41. The average Bonchev–Trinajstić information content (AvgIpc) is 3.93. The third-order valence-corrected chi connectivity index (χ3v) is 11.9. The highest BCUT2D eigenvalue weighted by Crippen LogP contribution is 2.42. The number of benzene rings is 7. The van der Waals surface area contributed by atoms with E-state index in [0.29, 0.717) is 5.92 Å². The first-order valence-electron chi connectivity index (χ1n) is 17.8. The number of hydrogen-bond acceptors (Lipinski definition) is 2. The first-order chi connectivity index (χ1) is 24.8. The number of nitrogens with zero attached hydrogens (tertiary/aromatic N) is 2. The summed E-state index contributed by atoms with van der Waals surface area (Å²) in [5.74, 6) is 0.702. The summed E-state index contributed by atoms with van der Waals surface area (Å²) in [6, 6.07) is 60.5. The van der Waals surface area contributed by atoms with Crippen molar-refractivity contribution in [2.45, 2.75) is 31.6 Å². The van der Waals surface area contributed by atoms with E-state index >= 15 is 0 Å². The number of aromatic nitrogens is 1. The molecule has 3 heteroatoms. The first-order valence-corrected chi connectivity index (χ1v) is 18.6. The van der Waals surface area contributed by atoms with E-state index in [-0.39, 0.29) is 0 Å². The molecule has 1 fully saturated rings. The minimum absolute atomic E-state index is 0.702. The van der Waals surface area contributed by atoms with Gasteiger partial charge in [0.25, 0.3) is 0 Å². The largest absolute Gasteiger partial charge is 0.310 e. The molecule has 2 aromatic heterocycles. The van der Waals surface area contributed by atoms with Crippen molar-refractivity contribution < 1.29 is 0 Å². The van der Waals surface area contributed by atoms with Crippen LogP contribution in [0.3, 0.4) is 0 Å². The van der Waals surface area contributed by atoms with Gasteiger partial charge in [0.15, 0.2) is 0 Å². The minimum Gasteiger partial charge on any atom is -0.310 e. The molecule has 9 aromatic rings. The Hall–Kier alpha value is -5.64. The van der Waals surface area contributed by atoms with Gasteiger partial charge in [-0.3, -0.25) is 0 Å². The molecule has 0 radical (unpaired) electrons. The van der Waals surface area contributed by atoms with Gasteiger partial charge in [0.2, 0.25) is 0 Å². The van der Waals surface area contributed by atoms with Gasteiger partial charge in [-0.2, -0.15) is 0 Å². The summed E-state index contributed by atoms with van der Waals surface area (Å²) < 4.78 is 5.03. The van der Waals surface area contributed by atoms with Gasteiger partial charge in [-0.1, -0.05) is 110 Å². The Balaban J connectivity index is 1.01. The molecule has 10 rings (SSSR count). The first kappa shape index (κ1) is 29.3. The standard InChI is InChI=1S/C47H36N2S/c1-2-10-32(9-1)33-17-23-36(24-18-33)48(39-29-30-43-42-13-5-8-16-46(42)50-47(43)31-39)37-25-19-34(20-26-37)35-21-27-38(28-22-35)49-44-14-6-3-11-40(44)41-12-4-7-15-45(41)49/h3-8,11-32H,1-2,9-10H2. The van der Waals surface area contributed by atoms with Crippen molar-refractivity contribution in [2.75, 3.05) is 4.90 Å². The Morgan fingerprint density at radius 2 is 0.980 bits per heavy atom. The second-order valence-corrected chi connectivity index (χ2v) is 14.7. The maximum Gasteiger partial charge on any atom is 0.0541 e. The van der Waals surface area contributed by atoms with Crippen LogP contribution in [0.1, 0.15) is 37.2 Å². The Bertz CT molecular complexity index is 2580. The molecule has 240 valence electrons. The highest BCUT2D eigenvalue weighted by atomic mass is 32.1. The third kappa shape index (κ3) is 4.92. The van der Waals surface area contributed by atoms with E-state index in [9.17, 15) is 0 Å². The van der Waals surface area contributed by atoms with E-state index in [4.69, 9.17) is 0 Å². The minimum atomic E-state index is 0.702. The van der Waals surface area contributed by atoms with Gasteiger partial charge in [-0.25, -0.2) is 0 Å². The van der Waals surface area contributed by atoms with Crippen LogP contribution in [0.2, 0.25) is 0 Å². The van der Waals surface area contributed by atoms with Gasteiger partial charge in [0.05, 0.1) is 11.0 Å². The number of anilines is 3. The van der Waals surface area contributed by atoms with Crippen molar-refractivity contribution in [3.8, 4) is 16.8 Å². The van der Waals surface area contributed by atoms with Crippen LogP contribution in [-0.4, -0.2) is 4.57 Å². The van der Waals surface area contributed by atoms with E-state index in [1.807, 2.05) is 11.3 Å². The highest BCUT2D eigenvalue weighted by Gasteiger charge is 2.19. The van der Waals surface area contributed by atoms with E-state index in [0.717, 1.165) is 5.69 Å². The SMILES string of the molecule is c1ccc2c(c1)sc1cc(N(c3ccc(-c4ccc(-n5c6ccccc6c6ccccc65)cc4)cc3)c3ccc(C4CCCC4)cc3)ccc12. The quantitative estimate of drug-likeness (QED) is 0.172. The fourth-order valence-corrected chi connectivity index (χ4v) is 9.40. The van der Waals surface area contributed by atoms with Crippen molar-refractivity contribution >= 4 is 70.4 Å². The predicted molar refractivity (Wildman–Crippen MR) is 215 cm³/mol. The lowest BCUT2D eigenvalue weighted by Crippen LogP contribution is -2.10. The molecule has 0 bridgehead atoms. The fraction of sp³-hybridized carbons (Fsp3) is 0.106. The van der Waals surface area contributed by atoms with Crippen LogP contribution in [0.25, 0.3) is 58.8 Å². The summed E-state index contributed by atoms with van der Waals surface area (Å²) in [5.41, 5.74) is 11.1. The second-order valence-electron chi connectivity index (χ2n) is 13.7. The van der Waals surface area contributed by atoms with Crippen molar-refractivity contribution in [1.29, 1.82) is 0 Å². The van der Waals surface area contributed by atoms with Gasteiger partial charge in [-0.15, -0.1) is 11.3 Å². The molecule has 0 saturated heterocycles. The molecule has 0 unspecified atom stereocenters. The molecule has 0 amide bonds. The van der Waals surface area contributed by atoms with Crippen molar-refractivity contribution in [1.82, 2.24) is 4.57 Å². The molecule has 0 atom stereocenters. The number of thiophene rings is 1. The molecule has 50 heavy (non-hydrogen) atoms. The molecular formula is C47H36N2S. The Morgan fingerprint density at radius 3 is 1.64 bits per heavy atom. The van der Waals surface area contributed by atoms with Crippen LogP contribution in [0.15, 0.2) is 164 Å². The molecule has 2 heterocycles. The molecular weight excluding hydrogens is 625 g/mol. The summed E-state index contributed by atoms with van der Waals surface area (Å²) in [6.45, 7) is 0. The topological polar surface area (TPSA) is 8.17 Å². The average molecular weight is 661 g/mol. The van der Waals surface area contributed by atoms with Crippen LogP contribution in [-0.2, 0) is 0 Å². The zero-order chi connectivity index (χ0) is 33.0. The maximum absolute atomic E-state index is 2.41. The lowest BCUT2D eigenvalue weighted by Gasteiger charge is -2.26. The fourth-order valence-electron chi connectivity index (χ4n) is 8.26. The number of hydrogen-bond donors (Lipinski definition) is 0. The lowest BCUT2D eigenvalue weighted by atomic mass is 9.97. The van der Waals surface area contributed by atoms with Crippen LogP contribution < -0.4 is 4.90 Å². The number of rotatable bonds is 6. The van der Waals surface area contributed by atoms with Gasteiger partial charge in [0.1, 0.15) is 0 Å². The van der Waals surface area contributed by atoms with Crippen LogP contribution in [0, 0.1) is 0 Å². The summed E-state index contributed by atoms with van der Waals surface area (Å²) in [7, 11) is 0. The summed E-state index contributed by atoms with van der Waals surface area (Å²) in [4.78, 5) is 2.41. The molecule has 2 nitrogen and oxygen atoms in total. The Morgan fingerprint density at radius 1 is 0.460 bits per heavy atom. The second kappa shape index (κ2) is 12.0. The van der Waals surface area contributed by atoms with Gasteiger partial charge >= 0.3 is 0 Å². The van der Waals surface area contributed by atoms with Crippen LogP contribution in [0.4, 0.5) is 17.1 Å². The highest BCUT2D eigenvalue weighted by molar-refractivity contribution is 7.25. The van der Waals surface area contributed by atoms with Crippen molar-refractivity contribution in [3.05, 3.63) is 169 Å². The van der Waals surface area contributed by atoms with E-state index in [1.165, 1.54) is 101 Å². The van der Waals surface area contributed by atoms with Crippen LogP contribution >= 0.6 is 11.3 Å². The third-order valence-electron chi connectivity index (χ3n) is 10.8. The Kier molecular flexibility index (Phi) is 7.06. The molecule has 1 aliphatic carbocycles. The van der Waals surface area contributed by atoms with E-state index < -0.39 is 0 Å². The van der Waals surface area contributed by atoms with Crippen molar-refractivity contribution in [3.63, 3.8) is 0 Å². The normalized spacial score (nSPS) is 13.6. The summed E-state index contributed by atoms with van der Waals surface area (Å²) in [6.07, 6.45) is 5.32. The summed E-state index contributed by atoms with van der Waals surface area (Å²) in [5, 5.41) is 5.23. The Labute approximate surface area is 296 Å². The molecule has 1 aliphatic rings. The van der Waals surface area contributed by atoms with Gasteiger partial charge in [0, 0.05) is 53.7 Å². The molecule has 7 aromatic carbocycles. The zero-order valence-corrected chi connectivity index (χ0v) is 28.6. The molecule has 0 spiro atoms. The van der Waals surface area contributed by atoms with Crippen LogP contribution in [0.5, 0.6) is 0 Å². The smallest absolute Gasteiger partial charge is 0.0541 e. The van der Waals surface area contributed by atoms with E-state index in [1.54, 1.807) is 0 Å². The predicted octanol–water partition coefficient (Wildman–Crippen LogP) is 13.9. The number of fused-ring (bicyclic) bond motifs is 6. The van der Waals surface area contributed by atoms with Gasteiger partial charge in [-0.05, 0) is 102 Å². The molecule has 0 N–H and O–H groups in total.